The Hall–Kier alpha value is -2.17. The Balaban J connectivity index is 1.32. The van der Waals surface area contributed by atoms with Crippen molar-refractivity contribution in [2.45, 2.75) is 63.8 Å². The number of carbonyl (C=O) groups excluding carboxylic acids is 1. The molecule has 5 nitrogen and oxygen atoms in total. The second-order valence-electron chi connectivity index (χ2n) is 8.13. The Morgan fingerprint density at radius 1 is 1.00 bits per heavy atom. The van der Waals surface area contributed by atoms with Crippen LogP contribution in [0.25, 0.3) is 0 Å². The molecule has 2 fully saturated rings. The van der Waals surface area contributed by atoms with E-state index in [1.807, 2.05) is 18.6 Å². The highest BCUT2D eigenvalue weighted by Gasteiger charge is 2.28. The van der Waals surface area contributed by atoms with Crippen LogP contribution < -0.4 is 0 Å². The number of piperidine rings is 1. The summed E-state index contributed by atoms with van der Waals surface area (Å²) >= 11 is 0. The highest BCUT2D eigenvalue weighted by molar-refractivity contribution is 5.76. The first-order valence-electron chi connectivity index (χ1n) is 10.5. The van der Waals surface area contributed by atoms with Crippen LogP contribution in [0.4, 0.5) is 0 Å². The molecule has 1 aliphatic heterocycles. The van der Waals surface area contributed by atoms with Gasteiger partial charge in [-0.2, -0.15) is 0 Å². The summed E-state index contributed by atoms with van der Waals surface area (Å²) in [4.78, 5) is 23.5. The van der Waals surface area contributed by atoms with E-state index in [-0.39, 0.29) is 0 Å². The first kappa shape index (κ1) is 18.2. The molecular weight excluding hydrogens is 336 g/mol. The SMILES string of the molecule is O=C(CC1CCCCC1)N1CCC(c2nccn2Cc2ccncc2)CC1. The summed E-state index contributed by atoms with van der Waals surface area (Å²) in [5, 5.41) is 0. The number of hydrogen-bond acceptors (Lipinski definition) is 3. The molecule has 4 rings (SSSR count). The van der Waals surface area contributed by atoms with Gasteiger partial charge in [0.2, 0.25) is 5.91 Å². The number of carbonyl (C=O) groups is 1. The number of aromatic nitrogens is 3. The molecule has 5 heteroatoms. The molecule has 0 N–H and O–H groups in total. The second kappa shape index (κ2) is 8.68. The van der Waals surface area contributed by atoms with Crippen LogP contribution in [0.5, 0.6) is 0 Å². The van der Waals surface area contributed by atoms with Crippen LogP contribution in [-0.2, 0) is 11.3 Å². The zero-order valence-electron chi connectivity index (χ0n) is 16.1. The molecule has 2 aliphatic rings. The van der Waals surface area contributed by atoms with E-state index < -0.39 is 0 Å². The predicted molar refractivity (Wildman–Crippen MR) is 105 cm³/mol. The highest BCUT2D eigenvalue weighted by atomic mass is 16.2. The molecule has 3 heterocycles. The molecule has 0 aromatic carbocycles. The van der Waals surface area contributed by atoms with Crippen molar-refractivity contribution in [3.8, 4) is 0 Å². The Morgan fingerprint density at radius 2 is 1.74 bits per heavy atom. The van der Waals surface area contributed by atoms with Crippen LogP contribution >= 0.6 is 0 Å². The van der Waals surface area contributed by atoms with Gasteiger partial charge in [-0.05, 0) is 49.3 Å². The number of hydrogen-bond donors (Lipinski definition) is 0. The molecule has 1 saturated carbocycles. The number of amides is 1. The van der Waals surface area contributed by atoms with Crippen LogP contribution in [0.3, 0.4) is 0 Å². The van der Waals surface area contributed by atoms with Gasteiger partial charge in [0.15, 0.2) is 0 Å². The zero-order chi connectivity index (χ0) is 18.5. The van der Waals surface area contributed by atoms with Crippen molar-refractivity contribution in [3.63, 3.8) is 0 Å². The number of rotatable bonds is 5. The molecule has 2 aromatic heterocycles. The van der Waals surface area contributed by atoms with Crippen LogP contribution in [0, 0.1) is 5.92 Å². The summed E-state index contributed by atoms with van der Waals surface area (Å²) in [6.07, 6.45) is 16.9. The summed E-state index contributed by atoms with van der Waals surface area (Å²) in [5.74, 6) is 2.61. The first-order chi connectivity index (χ1) is 13.3. The van der Waals surface area contributed by atoms with E-state index in [9.17, 15) is 4.79 Å². The van der Waals surface area contributed by atoms with Crippen molar-refractivity contribution in [1.82, 2.24) is 19.4 Å². The van der Waals surface area contributed by atoms with E-state index in [4.69, 9.17) is 0 Å². The fraction of sp³-hybridized carbons (Fsp3) is 0.591. The topological polar surface area (TPSA) is 51.0 Å². The molecule has 0 unspecified atom stereocenters. The van der Waals surface area contributed by atoms with Crippen LogP contribution in [0.15, 0.2) is 36.9 Å². The molecule has 1 saturated heterocycles. The molecule has 2 aromatic rings. The van der Waals surface area contributed by atoms with Gasteiger partial charge in [-0.1, -0.05) is 19.3 Å². The van der Waals surface area contributed by atoms with Gasteiger partial charge in [0, 0.05) is 56.8 Å². The third-order valence-electron chi connectivity index (χ3n) is 6.25. The first-order valence-corrected chi connectivity index (χ1v) is 10.5. The molecular formula is C22H30N4O. The van der Waals surface area contributed by atoms with Gasteiger partial charge < -0.3 is 9.47 Å². The standard InChI is InChI=1S/C22H30N4O/c27-21(16-18-4-2-1-3-5-18)25-13-8-20(9-14-25)22-24-12-15-26(22)17-19-6-10-23-11-7-19/h6-7,10-12,15,18,20H,1-5,8-9,13-14,16-17H2. The van der Waals surface area contributed by atoms with Gasteiger partial charge in [0.05, 0.1) is 0 Å². The lowest BCUT2D eigenvalue weighted by Gasteiger charge is -2.33. The second-order valence-corrected chi connectivity index (χ2v) is 8.13. The monoisotopic (exact) mass is 366 g/mol. The van der Waals surface area contributed by atoms with Crippen molar-refractivity contribution in [3.05, 3.63) is 48.3 Å². The lowest BCUT2D eigenvalue weighted by Crippen LogP contribution is -2.39. The third kappa shape index (κ3) is 4.57. The van der Waals surface area contributed by atoms with E-state index >= 15 is 0 Å². The van der Waals surface area contributed by atoms with Crippen molar-refractivity contribution in [1.29, 1.82) is 0 Å². The number of imidazole rings is 1. The van der Waals surface area contributed by atoms with E-state index in [0.29, 0.717) is 17.7 Å². The highest BCUT2D eigenvalue weighted by Crippen LogP contribution is 2.30. The number of likely N-dealkylation sites (tertiary alicyclic amines) is 1. The van der Waals surface area contributed by atoms with Crippen LogP contribution in [0.1, 0.15) is 68.7 Å². The molecule has 1 aliphatic carbocycles. The maximum atomic E-state index is 12.7. The fourth-order valence-corrected chi connectivity index (χ4v) is 4.65. The fourth-order valence-electron chi connectivity index (χ4n) is 4.65. The molecule has 27 heavy (non-hydrogen) atoms. The Kier molecular flexibility index (Phi) is 5.85. The summed E-state index contributed by atoms with van der Waals surface area (Å²) in [7, 11) is 0. The molecule has 0 spiro atoms. The normalized spacial score (nSPS) is 19.3. The van der Waals surface area contributed by atoms with Gasteiger partial charge in [-0.3, -0.25) is 9.78 Å². The molecule has 0 atom stereocenters. The van der Waals surface area contributed by atoms with Crippen molar-refractivity contribution < 1.29 is 4.79 Å². The molecule has 144 valence electrons. The van der Waals surface area contributed by atoms with Crippen molar-refractivity contribution in [2.24, 2.45) is 5.92 Å². The number of pyridine rings is 1. The minimum Gasteiger partial charge on any atom is -0.343 e. The van der Waals surface area contributed by atoms with Gasteiger partial charge in [0.25, 0.3) is 0 Å². The lowest BCUT2D eigenvalue weighted by molar-refractivity contribution is -0.133. The predicted octanol–water partition coefficient (Wildman–Crippen LogP) is 4.00. The van der Waals surface area contributed by atoms with Crippen molar-refractivity contribution >= 4 is 5.91 Å². The third-order valence-corrected chi connectivity index (χ3v) is 6.25. The largest absolute Gasteiger partial charge is 0.343 e. The average Bonchev–Trinajstić information content (AvgIpc) is 3.18. The zero-order valence-corrected chi connectivity index (χ0v) is 16.1. The number of nitrogens with zero attached hydrogens (tertiary/aromatic N) is 4. The summed E-state index contributed by atoms with van der Waals surface area (Å²) in [5.41, 5.74) is 1.24. The molecule has 0 bridgehead atoms. The Morgan fingerprint density at radius 3 is 2.48 bits per heavy atom. The minimum absolute atomic E-state index is 0.375. The maximum absolute atomic E-state index is 12.7. The Labute approximate surface area is 161 Å². The summed E-state index contributed by atoms with van der Waals surface area (Å²) in [6, 6.07) is 4.10. The van der Waals surface area contributed by atoms with Gasteiger partial charge >= 0.3 is 0 Å². The van der Waals surface area contributed by atoms with E-state index in [1.165, 1.54) is 37.7 Å². The molecule has 0 radical (unpaired) electrons. The van der Waals surface area contributed by atoms with Crippen molar-refractivity contribution in [2.75, 3.05) is 13.1 Å². The minimum atomic E-state index is 0.375. The van der Waals surface area contributed by atoms with Gasteiger partial charge in [-0.15, -0.1) is 0 Å². The van der Waals surface area contributed by atoms with Crippen LogP contribution in [-0.4, -0.2) is 38.4 Å². The van der Waals surface area contributed by atoms with E-state index in [2.05, 4.69) is 37.8 Å². The summed E-state index contributed by atoms with van der Waals surface area (Å²) < 4.78 is 2.25. The van der Waals surface area contributed by atoms with Crippen LogP contribution in [0.2, 0.25) is 0 Å². The smallest absolute Gasteiger partial charge is 0.222 e. The molecule has 1 amide bonds. The average molecular weight is 367 g/mol. The Bertz CT molecular complexity index is 728. The van der Waals surface area contributed by atoms with E-state index in [1.54, 1.807) is 0 Å². The van der Waals surface area contributed by atoms with E-state index in [0.717, 1.165) is 44.7 Å². The maximum Gasteiger partial charge on any atom is 0.222 e. The van der Waals surface area contributed by atoms with Gasteiger partial charge in [0.1, 0.15) is 5.82 Å². The quantitative estimate of drug-likeness (QED) is 0.803. The lowest BCUT2D eigenvalue weighted by atomic mass is 9.86. The summed E-state index contributed by atoms with van der Waals surface area (Å²) in [6.45, 7) is 2.58. The van der Waals surface area contributed by atoms with Gasteiger partial charge in [-0.25, -0.2) is 4.98 Å².